The number of nitrogens with one attached hydrogen (secondary N) is 1. The molecule has 1 aliphatic carbocycles. The van der Waals surface area contributed by atoms with Crippen LogP contribution in [0.1, 0.15) is 45.4 Å². The fourth-order valence-electron chi connectivity index (χ4n) is 3.10. The van der Waals surface area contributed by atoms with Crippen LogP contribution in [0.15, 0.2) is 0 Å². The number of carbonyl (C=O) groups excluding carboxylic acids is 1. The molecule has 0 bridgehead atoms. The second-order valence-corrected chi connectivity index (χ2v) is 5.62. The lowest BCUT2D eigenvalue weighted by atomic mass is 9.96. The molecule has 0 aromatic heterocycles. The quantitative estimate of drug-likeness (QED) is 0.770. The van der Waals surface area contributed by atoms with Gasteiger partial charge >= 0.3 is 6.03 Å². The van der Waals surface area contributed by atoms with Crippen molar-refractivity contribution in [2.45, 2.75) is 57.5 Å². The standard InChI is InChI=1S/C13H25N3O/c1-10-7-11(8-14)9-16(10)13(17)15-12-5-3-2-4-6-12/h10-12H,2-9,14H2,1H3,(H,15,17). The van der Waals surface area contributed by atoms with Crippen LogP contribution < -0.4 is 11.1 Å². The maximum Gasteiger partial charge on any atom is 0.317 e. The Morgan fingerprint density at radius 2 is 2.06 bits per heavy atom. The van der Waals surface area contributed by atoms with Crippen molar-refractivity contribution in [3.8, 4) is 0 Å². The first-order valence-corrected chi connectivity index (χ1v) is 6.98. The van der Waals surface area contributed by atoms with Gasteiger partial charge in [-0.05, 0) is 38.6 Å². The zero-order valence-electron chi connectivity index (χ0n) is 10.8. The number of urea groups is 1. The number of nitrogens with two attached hydrogens (primary N) is 1. The fraction of sp³-hybridized carbons (Fsp3) is 0.923. The summed E-state index contributed by atoms with van der Waals surface area (Å²) in [4.78, 5) is 14.1. The summed E-state index contributed by atoms with van der Waals surface area (Å²) < 4.78 is 0. The first kappa shape index (κ1) is 12.7. The van der Waals surface area contributed by atoms with E-state index in [1.54, 1.807) is 0 Å². The van der Waals surface area contributed by atoms with E-state index in [9.17, 15) is 4.79 Å². The molecule has 0 radical (unpaired) electrons. The Labute approximate surface area is 104 Å². The molecule has 2 rings (SSSR count). The van der Waals surface area contributed by atoms with Gasteiger partial charge in [-0.3, -0.25) is 0 Å². The number of hydrogen-bond donors (Lipinski definition) is 2. The number of carbonyl (C=O) groups is 1. The molecule has 2 atom stereocenters. The summed E-state index contributed by atoms with van der Waals surface area (Å²) in [6.07, 6.45) is 7.18. The molecule has 4 heteroatoms. The van der Waals surface area contributed by atoms with Crippen LogP contribution in [0.3, 0.4) is 0 Å². The predicted octanol–water partition coefficient (Wildman–Crippen LogP) is 1.70. The highest BCUT2D eigenvalue weighted by Crippen LogP contribution is 2.23. The molecule has 17 heavy (non-hydrogen) atoms. The summed E-state index contributed by atoms with van der Waals surface area (Å²) >= 11 is 0. The van der Waals surface area contributed by atoms with Gasteiger partial charge in [0.1, 0.15) is 0 Å². The van der Waals surface area contributed by atoms with Crippen LogP contribution in [0.4, 0.5) is 4.79 Å². The van der Waals surface area contributed by atoms with E-state index in [-0.39, 0.29) is 6.03 Å². The maximum absolute atomic E-state index is 12.2. The molecular weight excluding hydrogens is 214 g/mol. The van der Waals surface area contributed by atoms with Crippen molar-refractivity contribution in [3.05, 3.63) is 0 Å². The summed E-state index contributed by atoms with van der Waals surface area (Å²) in [5.74, 6) is 0.488. The van der Waals surface area contributed by atoms with Crippen LogP contribution >= 0.6 is 0 Å². The van der Waals surface area contributed by atoms with Crippen LogP contribution in [0.2, 0.25) is 0 Å². The van der Waals surface area contributed by atoms with Crippen molar-refractivity contribution in [1.82, 2.24) is 10.2 Å². The fourth-order valence-corrected chi connectivity index (χ4v) is 3.10. The number of rotatable bonds is 2. The Morgan fingerprint density at radius 1 is 1.35 bits per heavy atom. The van der Waals surface area contributed by atoms with Gasteiger partial charge in [0.05, 0.1) is 0 Å². The summed E-state index contributed by atoms with van der Waals surface area (Å²) in [6, 6.07) is 0.868. The highest BCUT2D eigenvalue weighted by Gasteiger charge is 2.32. The van der Waals surface area contributed by atoms with E-state index in [1.807, 2.05) is 4.90 Å². The number of hydrogen-bond acceptors (Lipinski definition) is 2. The Morgan fingerprint density at radius 3 is 2.65 bits per heavy atom. The monoisotopic (exact) mass is 239 g/mol. The summed E-state index contributed by atoms with van der Waals surface area (Å²) in [7, 11) is 0. The average molecular weight is 239 g/mol. The van der Waals surface area contributed by atoms with Gasteiger partial charge in [0.2, 0.25) is 0 Å². The predicted molar refractivity (Wildman–Crippen MR) is 68.7 cm³/mol. The van der Waals surface area contributed by atoms with Crippen LogP contribution in [-0.2, 0) is 0 Å². The Hall–Kier alpha value is -0.770. The van der Waals surface area contributed by atoms with Crippen LogP contribution in [0.25, 0.3) is 0 Å². The van der Waals surface area contributed by atoms with E-state index >= 15 is 0 Å². The van der Waals surface area contributed by atoms with Crippen LogP contribution in [0, 0.1) is 5.92 Å². The van der Waals surface area contributed by atoms with Crippen LogP contribution in [-0.4, -0.2) is 36.1 Å². The van der Waals surface area contributed by atoms with Crippen molar-refractivity contribution < 1.29 is 4.79 Å². The van der Waals surface area contributed by atoms with Gasteiger partial charge in [-0.1, -0.05) is 19.3 Å². The van der Waals surface area contributed by atoms with E-state index in [0.29, 0.717) is 24.5 Å². The summed E-state index contributed by atoms with van der Waals surface area (Å²) in [5.41, 5.74) is 5.68. The van der Waals surface area contributed by atoms with E-state index in [1.165, 1.54) is 19.3 Å². The van der Waals surface area contributed by atoms with E-state index < -0.39 is 0 Å². The molecular formula is C13H25N3O. The Bertz CT molecular complexity index is 263. The lowest BCUT2D eigenvalue weighted by Crippen LogP contribution is -2.46. The second-order valence-electron chi connectivity index (χ2n) is 5.62. The molecule has 3 N–H and O–H groups in total. The van der Waals surface area contributed by atoms with Gasteiger partial charge in [0, 0.05) is 18.6 Å². The smallest absolute Gasteiger partial charge is 0.317 e. The number of amides is 2. The van der Waals surface area contributed by atoms with Gasteiger partial charge in [0.25, 0.3) is 0 Å². The first-order valence-electron chi connectivity index (χ1n) is 6.98. The van der Waals surface area contributed by atoms with Crippen molar-refractivity contribution >= 4 is 6.03 Å². The maximum atomic E-state index is 12.2. The SMILES string of the molecule is CC1CC(CN)CN1C(=O)NC1CCCCC1. The van der Waals surface area contributed by atoms with Crippen LogP contribution in [0.5, 0.6) is 0 Å². The van der Waals surface area contributed by atoms with Gasteiger partial charge in [0.15, 0.2) is 0 Å². The zero-order chi connectivity index (χ0) is 12.3. The van der Waals surface area contributed by atoms with Gasteiger partial charge in [-0.2, -0.15) is 0 Å². The molecule has 2 fully saturated rings. The van der Waals surface area contributed by atoms with Crippen molar-refractivity contribution in [3.63, 3.8) is 0 Å². The summed E-state index contributed by atoms with van der Waals surface area (Å²) in [6.45, 7) is 3.64. The largest absolute Gasteiger partial charge is 0.335 e. The molecule has 0 aromatic rings. The van der Waals surface area contributed by atoms with Gasteiger partial charge in [-0.15, -0.1) is 0 Å². The van der Waals surface area contributed by atoms with E-state index in [2.05, 4.69) is 12.2 Å². The molecule has 1 saturated carbocycles. The molecule has 1 saturated heterocycles. The van der Waals surface area contributed by atoms with E-state index in [4.69, 9.17) is 5.73 Å². The molecule has 2 unspecified atom stereocenters. The lowest BCUT2D eigenvalue weighted by Gasteiger charge is -2.28. The molecule has 0 spiro atoms. The molecule has 0 aromatic carbocycles. The van der Waals surface area contributed by atoms with E-state index in [0.717, 1.165) is 25.8 Å². The number of likely N-dealkylation sites (tertiary alicyclic amines) is 1. The average Bonchev–Trinajstić information content (AvgIpc) is 2.72. The third-order valence-corrected chi connectivity index (χ3v) is 4.19. The highest BCUT2D eigenvalue weighted by atomic mass is 16.2. The molecule has 1 aliphatic heterocycles. The first-order chi connectivity index (χ1) is 8.20. The normalized spacial score (nSPS) is 30.6. The summed E-state index contributed by atoms with van der Waals surface area (Å²) in [5, 5.41) is 3.18. The topological polar surface area (TPSA) is 58.4 Å². The van der Waals surface area contributed by atoms with Crippen molar-refractivity contribution in [2.75, 3.05) is 13.1 Å². The minimum absolute atomic E-state index is 0.125. The van der Waals surface area contributed by atoms with Gasteiger partial charge in [-0.25, -0.2) is 4.79 Å². The molecule has 1 heterocycles. The lowest BCUT2D eigenvalue weighted by molar-refractivity contribution is 0.187. The van der Waals surface area contributed by atoms with Crippen molar-refractivity contribution in [1.29, 1.82) is 0 Å². The van der Waals surface area contributed by atoms with Gasteiger partial charge < -0.3 is 16.0 Å². The number of nitrogens with zero attached hydrogens (tertiary/aromatic N) is 1. The molecule has 4 nitrogen and oxygen atoms in total. The minimum atomic E-state index is 0.125. The molecule has 98 valence electrons. The van der Waals surface area contributed by atoms with Crippen molar-refractivity contribution in [2.24, 2.45) is 11.7 Å². The highest BCUT2D eigenvalue weighted by molar-refractivity contribution is 5.75. The second kappa shape index (κ2) is 5.71. The molecule has 2 amide bonds. The Balaban J connectivity index is 1.82. The third kappa shape index (κ3) is 3.12. The third-order valence-electron chi connectivity index (χ3n) is 4.19. The Kier molecular flexibility index (Phi) is 4.26. The molecule has 2 aliphatic rings. The zero-order valence-corrected chi connectivity index (χ0v) is 10.8. The minimum Gasteiger partial charge on any atom is -0.335 e.